The maximum absolute atomic E-state index is 12.4. The highest BCUT2D eigenvalue weighted by Crippen LogP contribution is 2.28. The highest BCUT2D eigenvalue weighted by molar-refractivity contribution is 8.00. The van der Waals surface area contributed by atoms with Crippen molar-refractivity contribution in [2.75, 3.05) is 5.73 Å². The van der Waals surface area contributed by atoms with E-state index < -0.39 is 0 Å². The number of nitrogens with one attached hydrogen (secondary N) is 1. The summed E-state index contributed by atoms with van der Waals surface area (Å²) in [4.78, 5) is 13.5. The Labute approximate surface area is 132 Å². The molecule has 0 aliphatic heterocycles. The maximum atomic E-state index is 12.4. The highest BCUT2D eigenvalue weighted by Gasteiger charge is 2.24. The van der Waals surface area contributed by atoms with Crippen molar-refractivity contribution < 1.29 is 4.79 Å². The first-order chi connectivity index (χ1) is 10.1. The molecule has 21 heavy (non-hydrogen) atoms. The number of carbonyl (C=O) groups is 1. The van der Waals surface area contributed by atoms with Gasteiger partial charge < -0.3 is 11.1 Å². The molecule has 0 heterocycles. The van der Waals surface area contributed by atoms with E-state index in [0.29, 0.717) is 6.04 Å². The fourth-order valence-corrected chi connectivity index (χ4v) is 3.69. The van der Waals surface area contributed by atoms with Gasteiger partial charge in [-0.2, -0.15) is 0 Å². The summed E-state index contributed by atoms with van der Waals surface area (Å²) in [6, 6.07) is 8.11. The normalized spacial score (nSPS) is 23.5. The first-order valence-electron chi connectivity index (χ1n) is 7.91. The van der Waals surface area contributed by atoms with Crippen LogP contribution >= 0.6 is 11.8 Å². The molecule has 1 saturated carbocycles. The molecule has 3 N–H and O–H groups in total. The second-order valence-electron chi connectivity index (χ2n) is 6.05. The number of hydrogen-bond acceptors (Lipinski definition) is 3. The smallest absolute Gasteiger partial charge is 0.233 e. The van der Waals surface area contributed by atoms with Crippen LogP contribution in [-0.4, -0.2) is 17.2 Å². The monoisotopic (exact) mass is 306 g/mol. The van der Waals surface area contributed by atoms with Crippen molar-refractivity contribution in [1.29, 1.82) is 0 Å². The van der Waals surface area contributed by atoms with Gasteiger partial charge in [0.2, 0.25) is 5.91 Å². The van der Waals surface area contributed by atoms with Gasteiger partial charge >= 0.3 is 0 Å². The Kier molecular flexibility index (Phi) is 5.97. The van der Waals surface area contributed by atoms with Crippen molar-refractivity contribution >= 4 is 23.4 Å². The molecule has 0 aromatic heterocycles. The molecule has 0 bridgehead atoms. The van der Waals surface area contributed by atoms with Gasteiger partial charge in [-0.05, 0) is 62.3 Å². The van der Waals surface area contributed by atoms with Crippen molar-refractivity contribution in [2.24, 2.45) is 5.92 Å². The van der Waals surface area contributed by atoms with E-state index in [4.69, 9.17) is 5.73 Å². The van der Waals surface area contributed by atoms with Gasteiger partial charge in [-0.1, -0.05) is 13.8 Å². The Bertz CT molecular complexity index is 452. The fourth-order valence-electron chi connectivity index (χ4n) is 2.73. The quantitative estimate of drug-likeness (QED) is 0.642. The summed E-state index contributed by atoms with van der Waals surface area (Å²) in [5.74, 6) is 0.989. The van der Waals surface area contributed by atoms with Crippen LogP contribution in [0.1, 0.15) is 46.0 Å². The molecule has 1 aliphatic carbocycles. The standard InChI is InChI=1S/C17H26N2OS/c1-3-16(21-15-10-6-13(18)7-11-15)17(20)19-14-8-4-12(2)5-9-14/h6-7,10-12,14,16H,3-5,8-9,18H2,1-2H3,(H,19,20). The summed E-state index contributed by atoms with van der Waals surface area (Å²) in [5, 5.41) is 3.22. The third kappa shape index (κ3) is 4.95. The van der Waals surface area contributed by atoms with Gasteiger partial charge in [0, 0.05) is 16.6 Å². The molecule has 1 unspecified atom stereocenters. The minimum Gasteiger partial charge on any atom is -0.399 e. The van der Waals surface area contributed by atoms with Crippen molar-refractivity contribution in [3.05, 3.63) is 24.3 Å². The number of nitrogen functional groups attached to an aromatic ring is 1. The van der Waals surface area contributed by atoms with Crippen LogP contribution in [0.4, 0.5) is 5.69 Å². The van der Waals surface area contributed by atoms with E-state index in [1.165, 1.54) is 12.8 Å². The molecule has 1 atom stereocenters. The zero-order valence-electron chi connectivity index (χ0n) is 13.0. The minimum atomic E-state index is -0.0204. The molecule has 1 aromatic carbocycles. The SMILES string of the molecule is CCC(Sc1ccc(N)cc1)C(=O)NC1CCC(C)CC1. The number of nitrogens with two attached hydrogens (primary N) is 1. The molecule has 116 valence electrons. The molecule has 1 aliphatic rings. The van der Waals surface area contributed by atoms with E-state index in [-0.39, 0.29) is 11.2 Å². The van der Waals surface area contributed by atoms with Gasteiger partial charge in [0.1, 0.15) is 0 Å². The number of carbonyl (C=O) groups excluding carboxylic acids is 1. The van der Waals surface area contributed by atoms with Crippen molar-refractivity contribution in [3.8, 4) is 0 Å². The third-order valence-electron chi connectivity index (χ3n) is 4.18. The largest absolute Gasteiger partial charge is 0.399 e. The van der Waals surface area contributed by atoms with E-state index in [1.54, 1.807) is 11.8 Å². The molecule has 0 radical (unpaired) electrons. The Hall–Kier alpha value is -1.16. The Morgan fingerprint density at radius 3 is 2.48 bits per heavy atom. The van der Waals surface area contributed by atoms with Crippen LogP contribution in [0.2, 0.25) is 0 Å². The van der Waals surface area contributed by atoms with Gasteiger partial charge in [-0.3, -0.25) is 4.79 Å². The summed E-state index contributed by atoms with van der Waals surface area (Å²) in [5.41, 5.74) is 6.45. The first kappa shape index (κ1) is 16.2. The summed E-state index contributed by atoms with van der Waals surface area (Å²) in [7, 11) is 0. The van der Waals surface area contributed by atoms with E-state index in [0.717, 1.165) is 35.8 Å². The van der Waals surface area contributed by atoms with E-state index in [2.05, 4.69) is 19.2 Å². The Morgan fingerprint density at radius 2 is 1.90 bits per heavy atom. The van der Waals surface area contributed by atoms with Crippen LogP contribution in [0.25, 0.3) is 0 Å². The molecule has 1 fully saturated rings. The van der Waals surface area contributed by atoms with Crippen LogP contribution in [0.3, 0.4) is 0 Å². The first-order valence-corrected chi connectivity index (χ1v) is 8.79. The molecule has 0 spiro atoms. The highest BCUT2D eigenvalue weighted by atomic mass is 32.2. The molecule has 4 heteroatoms. The molecule has 1 aromatic rings. The maximum Gasteiger partial charge on any atom is 0.233 e. The predicted molar refractivity (Wildman–Crippen MR) is 90.4 cm³/mol. The van der Waals surface area contributed by atoms with Gasteiger partial charge in [0.15, 0.2) is 0 Å². The number of hydrogen-bond donors (Lipinski definition) is 2. The number of thioether (sulfide) groups is 1. The van der Waals surface area contributed by atoms with E-state index >= 15 is 0 Å². The van der Waals surface area contributed by atoms with Gasteiger partial charge in [-0.25, -0.2) is 0 Å². The summed E-state index contributed by atoms with van der Waals surface area (Å²) in [6.45, 7) is 4.36. The number of benzene rings is 1. The van der Waals surface area contributed by atoms with Crippen molar-refractivity contribution in [3.63, 3.8) is 0 Å². The van der Waals surface area contributed by atoms with Crippen LogP contribution in [0, 0.1) is 5.92 Å². The van der Waals surface area contributed by atoms with Crippen molar-refractivity contribution in [2.45, 2.75) is 62.1 Å². The summed E-state index contributed by atoms with van der Waals surface area (Å²) in [6.07, 6.45) is 5.54. The van der Waals surface area contributed by atoms with Gasteiger partial charge in [0.25, 0.3) is 0 Å². The summed E-state index contributed by atoms with van der Waals surface area (Å²) < 4.78 is 0. The van der Waals surface area contributed by atoms with Crippen LogP contribution in [-0.2, 0) is 4.79 Å². The molecule has 2 rings (SSSR count). The minimum absolute atomic E-state index is 0.0204. The van der Waals surface area contributed by atoms with E-state index in [1.807, 2.05) is 24.3 Å². The van der Waals surface area contributed by atoms with Crippen LogP contribution < -0.4 is 11.1 Å². The van der Waals surface area contributed by atoms with Gasteiger partial charge in [0.05, 0.1) is 5.25 Å². The molecule has 3 nitrogen and oxygen atoms in total. The van der Waals surface area contributed by atoms with Crippen LogP contribution in [0.5, 0.6) is 0 Å². The predicted octanol–water partition coefficient (Wildman–Crippen LogP) is 3.83. The molecular formula is C17H26N2OS. The summed E-state index contributed by atoms with van der Waals surface area (Å²) >= 11 is 1.63. The average molecular weight is 306 g/mol. The van der Waals surface area contributed by atoms with Gasteiger partial charge in [-0.15, -0.1) is 11.8 Å². The Balaban J connectivity index is 1.87. The molecular weight excluding hydrogens is 280 g/mol. The number of amides is 1. The lowest BCUT2D eigenvalue weighted by atomic mass is 9.87. The molecule has 0 saturated heterocycles. The topological polar surface area (TPSA) is 55.1 Å². The third-order valence-corrected chi connectivity index (χ3v) is 5.56. The van der Waals surface area contributed by atoms with Crippen molar-refractivity contribution in [1.82, 2.24) is 5.32 Å². The lowest BCUT2D eigenvalue weighted by Crippen LogP contribution is -2.41. The number of rotatable bonds is 5. The zero-order chi connectivity index (χ0) is 15.2. The lowest BCUT2D eigenvalue weighted by molar-refractivity contribution is -0.121. The molecule has 1 amide bonds. The second-order valence-corrected chi connectivity index (χ2v) is 7.33. The average Bonchev–Trinajstić information content (AvgIpc) is 2.49. The zero-order valence-corrected chi connectivity index (χ0v) is 13.8. The fraction of sp³-hybridized carbons (Fsp3) is 0.588. The van der Waals surface area contributed by atoms with Crippen LogP contribution in [0.15, 0.2) is 29.2 Å². The number of anilines is 1. The Morgan fingerprint density at radius 1 is 1.29 bits per heavy atom. The lowest BCUT2D eigenvalue weighted by Gasteiger charge is -2.28. The van der Waals surface area contributed by atoms with E-state index in [9.17, 15) is 4.79 Å². The second kappa shape index (κ2) is 7.74.